The Bertz CT molecular complexity index is 686. The molecule has 1 aromatic carbocycles. The number of anilines is 1. The molecule has 86 valence electrons. The SMILES string of the molecule is O=c1[nH]c2cc(NCc3csnn3)ccc2o1. The van der Waals surface area contributed by atoms with Gasteiger partial charge in [0.1, 0.15) is 0 Å². The third-order valence-electron chi connectivity index (χ3n) is 2.30. The predicted octanol–water partition coefficient (Wildman–Crippen LogP) is 1.58. The molecule has 0 amide bonds. The molecule has 0 aliphatic heterocycles. The number of aromatic nitrogens is 3. The molecule has 0 aliphatic rings. The smallest absolute Gasteiger partial charge is 0.408 e. The zero-order valence-electron chi connectivity index (χ0n) is 8.64. The summed E-state index contributed by atoms with van der Waals surface area (Å²) >= 11 is 1.32. The van der Waals surface area contributed by atoms with Crippen molar-refractivity contribution in [1.82, 2.24) is 14.6 Å². The van der Waals surface area contributed by atoms with Crippen molar-refractivity contribution < 1.29 is 4.42 Å². The Kier molecular flexibility index (Phi) is 2.37. The van der Waals surface area contributed by atoms with E-state index in [-0.39, 0.29) is 0 Å². The lowest BCUT2D eigenvalue weighted by Gasteiger charge is -2.02. The van der Waals surface area contributed by atoms with Gasteiger partial charge in [0.25, 0.3) is 0 Å². The molecule has 0 radical (unpaired) electrons. The lowest BCUT2D eigenvalue weighted by molar-refractivity contribution is 0.555. The van der Waals surface area contributed by atoms with Gasteiger partial charge in [0, 0.05) is 11.1 Å². The van der Waals surface area contributed by atoms with Gasteiger partial charge in [0.2, 0.25) is 0 Å². The summed E-state index contributed by atoms with van der Waals surface area (Å²) in [6.45, 7) is 0.601. The highest BCUT2D eigenvalue weighted by molar-refractivity contribution is 7.03. The summed E-state index contributed by atoms with van der Waals surface area (Å²) < 4.78 is 8.69. The molecule has 2 aromatic heterocycles. The minimum atomic E-state index is -0.444. The first kappa shape index (κ1) is 10.0. The number of H-pyrrole nitrogens is 1. The highest BCUT2D eigenvalue weighted by atomic mass is 32.1. The van der Waals surface area contributed by atoms with E-state index in [4.69, 9.17) is 4.42 Å². The Morgan fingerprint density at radius 3 is 3.24 bits per heavy atom. The second-order valence-electron chi connectivity index (χ2n) is 3.48. The minimum absolute atomic E-state index is 0.444. The van der Waals surface area contributed by atoms with Gasteiger partial charge in [-0.25, -0.2) is 4.79 Å². The number of fused-ring (bicyclic) bond motifs is 1. The zero-order valence-corrected chi connectivity index (χ0v) is 9.45. The van der Waals surface area contributed by atoms with Crippen molar-refractivity contribution in [2.24, 2.45) is 0 Å². The van der Waals surface area contributed by atoms with Crippen molar-refractivity contribution in [3.05, 3.63) is 39.8 Å². The molecule has 6 nitrogen and oxygen atoms in total. The van der Waals surface area contributed by atoms with Crippen LogP contribution in [-0.2, 0) is 6.54 Å². The number of aromatic amines is 1. The first-order valence-corrected chi connectivity index (χ1v) is 5.77. The molecule has 0 saturated heterocycles. The zero-order chi connectivity index (χ0) is 11.7. The Morgan fingerprint density at radius 1 is 1.47 bits per heavy atom. The quantitative estimate of drug-likeness (QED) is 0.735. The maximum Gasteiger partial charge on any atom is 0.417 e. The van der Waals surface area contributed by atoms with Crippen molar-refractivity contribution in [1.29, 1.82) is 0 Å². The largest absolute Gasteiger partial charge is 0.417 e. The number of oxazole rings is 1. The number of nitrogens with zero attached hydrogens (tertiary/aromatic N) is 2. The molecular formula is C10H8N4O2S. The van der Waals surface area contributed by atoms with Crippen molar-refractivity contribution in [2.75, 3.05) is 5.32 Å². The molecule has 0 saturated carbocycles. The van der Waals surface area contributed by atoms with E-state index in [0.717, 1.165) is 11.4 Å². The first-order valence-electron chi connectivity index (χ1n) is 4.94. The molecule has 17 heavy (non-hydrogen) atoms. The summed E-state index contributed by atoms with van der Waals surface area (Å²) in [7, 11) is 0. The Labute approximate surface area is 99.4 Å². The minimum Gasteiger partial charge on any atom is -0.408 e. The second kappa shape index (κ2) is 4.02. The van der Waals surface area contributed by atoms with E-state index in [1.807, 2.05) is 17.5 Å². The molecule has 0 aliphatic carbocycles. The van der Waals surface area contributed by atoms with Crippen LogP contribution in [0.1, 0.15) is 5.69 Å². The van der Waals surface area contributed by atoms with Crippen LogP contribution in [0.15, 0.2) is 32.8 Å². The first-order chi connectivity index (χ1) is 8.31. The molecule has 3 rings (SSSR count). The number of rotatable bonds is 3. The van der Waals surface area contributed by atoms with Crippen molar-refractivity contribution in [2.45, 2.75) is 6.54 Å². The third kappa shape index (κ3) is 2.04. The molecule has 0 bridgehead atoms. The molecule has 0 fully saturated rings. The van der Waals surface area contributed by atoms with Gasteiger partial charge >= 0.3 is 5.76 Å². The van der Waals surface area contributed by atoms with Crippen LogP contribution in [0, 0.1) is 0 Å². The van der Waals surface area contributed by atoms with Gasteiger partial charge in [-0.05, 0) is 29.7 Å². The van der Waals surface area contributed by atoms with Crippen molar-refractivity contribution in [3.8, 4) is 0 Å². The average molecular weight is 248 g/mol. The Morgan fingerprint density at radius 2 is 2.41 bits per heavy atom. The Hall–Kier alpha value is -2.15. The van der Waals surface area contributed by atoms with Crippen LogP contribution in [0.25, 0.3) is 11.1 Å². The summed E-state index contributed by atoms with van der Waals surface area (Å²) in [6.07, 6.45) is 0. The lowest BCUT2D eigenvalue weighted by Crippen LogP contribution is -1.99. The molecule has 2 N–H and O–H groups in total. The Balaban J connectivity index is 1.83. The van der Waals surface area contributed by atoms with Crippen LogP contribution >= 0.6 is 11.5 Å². The second-order valence-corrected chi connectivity index (χ2v) is 4.09. The van der Waals surface area contributed by atoms with Gasteiger partial charge < -0.3 is 9.73 Å². The summed E-state index contributed by atoms with van der Waals surface area (Å²) in [5.41, 5.74) is 3.01. The summed E-state index contributed by atoms with van der Waals surface area (Å²) in [6, 6.07) is 5.41. The van der Waals surface area contributed by atoms with Crippen LogP contribution in [0.3, 0.4) is 0 Å². The van der Waals surface area contributed by atoms with Gasteiger partial charge in [0.05, 0.1) is 17.8 Å². The van der Waals surface area contributed by atoms with Crippen LogP contribution in [0.2, 0.25) is 0 Å². The highest BCUT2D eigenvalue weighted by Crippen LogP contribution is 2.16. The number of hydrogen-bond donors (Lipinski definition) is 2. The van der Waals surface area contributed by atoms with Gasteiger partial charge in [-0.2, -0.15) is 0 Å². The number of benzene rings is 1. The van der Waals surface area contributed by atoms with Crippen molar-refractivity contribution >= 4 is 28.3 Å². The average Bonchev–Trinajstić information content (AvgIpc) is 2.92. The molecule has 0 spiro atoms. The fourth-order valence-corrected chi connectivity index (χ4v) is 1.97. The van der Waals surface area contributed by atoms with E-state index in [2.05, 4.69) is 19.9 Å². The number of hydrogen-bond acceptors (Lipinski definition) is 6. The van der Waals surface area contributed by atoms with Crippen LogP contribution in [0.5, 0.6) is 0 Å². The molecule has 0 unspecified atom stereocenters. The molecule has 3 aromatic rings. The summed E-state index contributed by atoms with van der Waals surface area (Å²) in [5.74, 6) is -0.444. The van der Waals surface area contributed by atoms with E-state index in [9.17, 15) is 4.79 Å². The maximum absolute atomic E-state index is 11.0. The topological polar surface area (TPSA) is 83.8 Å². The fourth-order valence-electron chi connectivity index (χ4n) is 1.52. The highest BCUT2D eigenvalue weighted by Gasteiger charge is 2.02. The molecule has 0 atom stereocenters. The normalized spacial score (nSPS) is 10.8. The molecule has 7 heteroatoms. The maximum atomic E-state index is 11.0. The van der Waals surface area contributed by atoms with E-state index >= 15 is 0 Å². The standard InChI is InChI=1S/C10H8N4O2S/c15-10-12-8-3-6(1-2-9(8)16-10)11-4-7-5-17-14-13-7/h1-3,5,11H,4H2,(H,12,15). The monoisotopic (exact) mass is 248 g/mol. The van der Waals surface area contributed by atoms with E-state index < -0.39 is 5.76 Å². The third-order valence-corrected chi connectivity index (χ3v) is 2.85. The van der Waals surface area contributed by atoms with Crippen LogP contribution in [0.4, 0.5) is 5.69 Å². The number of nitrogens with one attached hydrogen (secondary N) is 2. The van der Waals surface area contributed by atoms with Crippen LogP contribution in [-0.4, -0.2) is 14.6 Å². The van der Waals surface area contributed by atoms with Gasteiger partial charge in [-0.15, -0.1) is 5.10 Å². The van der Waals surface area contributed by atoms with Gasteiger partial charge in [0.15, 0.2) is 5.58 Å². The van der Waals surface area contributed by atoms with Crippen LogP contribution < -0.4 is 11.1 Å². The van der Waals surface area contributed by atoms with Crippen molar-refractivity contribution in [3.63, 3.8) is 0 Å². The predicted molar refractivity (Wildman–Crippen MR) is 64.1 cm³/mol. The van der Waals surface area contributed by atoms with E-state index in [1.54, 1.807) is 6.07 Å². The summed E-state index contributed by atoms with van der Waals surface area (Å²) in [4.78, 5) is 13.6. The fraction of sp³-hybridized carbons (Fsp3) is 0.100. The van der Waals surface area contributed by atoms with E-state index in [1.165, 1.54) is 11.5 Å². The van der Waals surface area contributed by atoms with Gasteiger partial charge in [-0.3, -0.25) is 4.98 Å². The van der Waals surface area contributed by atoms with Gasteiger partial charge in [-0.1, -0.05) is 4.49 Å². The lowest BCUT2D eigenvalue weighted by atomic mass is 10.3. The molecule has 2 heterocycles. The summed E-state index contributed by atoms with van der Waals surface area (Å²) in [5, 5.41) is 9.00. The van der Waals surface area contributed by atoms with E-state index in [0.29, 0.717) is 17.6 Å². The molecular weight excluding hydrogens is 240 g/mol.